The van der Waals surface area contributed by atoms with E-state index in [9.17, 15) is 9.59 Å². The number of carbonyl (C=O) groups excluding carboxylic acids is 2. The Morgan fingerprint density at radius 1 is 1.12 bits per heavy atom. The summed E-state index contributed by atoms with van der Waals surface area (Å²) in [5.74, 6) is -0.297. The minimum absolute atomic E-state index is 0.305. The lowest BCUT2D eigenvalue weighted by Crippen LogP contribution is -2.41. The number of hydrogen-bond acceptors (Lipinski definition) is 4. The van der Waals surface area contributed by atoms with Gasteiger partial charge in [-0.2, -0.15) is 0 Å². The summed E-state index contributed by atoms with van der Waals surface area (Å²) in [6.07, 6.45) is 0. The number of benzene rings is 2. The van der Waals surface area contributed by atoms with Crippen molar-refractivity contribution < 1.29 is 9.59 Å². The Bertz CT molecular complexity index is 915. The number of aromatic nitrogens is 2. The Morgan fingerprint density at radius 3 is 2.62 bits per heavy atom. The van der Waals surface area contributed by atoms with E-state index in [1.807, 2.05) is 55.4 Å². The molecule has 3 N–H and O–H groups in total. The summed E-state index contributed by atoms with van der Waals surface area (Å²) in [5, 5.41) is 5.39. The molecule has 134 valence electrons. The van der Waals surface area contributed by atoms with Gasteiger partial charge in [-0.05, 0) is 37.3 Å². The predicted molar refractivity (Wildman–Crippen MR) is 102 cm³/mol. The van der Waals surface area contributed by atoms with Gasteiger partial charge in [0, 0.05) is 25.3 Å². The molecule has 0 aliphatic rings. The molecular formula is C19H21N5O2. The zero-order valence-electron chi connectivity index (χ0n) is 14.9. The third kappa shape index (κ3) is 3.83. The molecule has 0 aliphatic heterocycles. The van der Waals surface area contributed by atoms with Crippen molar-refractivity contribution in [2.45, 2.75) is 13.0 Å². The molecule has 1 heterocycles. The van der Waals surface area contributed by atoms with Crippen LogP contribution in [-0.4, -0.2) is 41.9 Å². The van der Waals surface area contributed by atoms with Crippen molar-refractivity contribution in [2.75, 3.05) is 24.3 Å². The second kappa shape index (κ2) is 7.26. The molecule has 7 heteroatoms. The van der Waals surface area contributed by atoms with Crippen molar-refractivity contribution in [3.05, 3.63) is 54.1 Å². The first-order valence-electron chi connectivity index (χ1n) is 8.28. The number of rotatable bonds is 5. The summed E-state index contributed by atoms with van der Waals surface area (Å²) in [7, 11) is 3.81. The third-order valence-electron chi connectivity index (χ3n) is 4.00. The molecule has 2 amide bonds. The molecule has 2 aromatic carbocycles. The minimum atomic E-state index is -0.710. The van der Waals surface area contributed by atoms with Crippen LogP contribution < -0.4 is 15.5 Å². The zero-order chi connectivity index (χ0) is 18.7. The maximum Gasteiger partial charge on any atom is 0.251 e. The van der Waals surface area contributed by atoms with E-state index in [-0.39, 0.29) is 11.8 Å². The first-order valence-corrected chi connectivity index (χ1v) is 8.28. The summed E-state index contributed by atoms with van der Waals surface area (Å²) in [6.45, 7) is 1.63. The van der Waals surface area contributed by atoms with E-state index in [0.717, 1.165) is 16.7 Å². The molecule has 1 aromatic heterocycles. The molecule has 0 saturated carbocycles. The van der Waals surface area contributed by atoms with E-state index >= 15 is 0 Å². The molecule has 0 aliphatic carbocycles. The number of nitrogens with one attached hydrogen (secondary N) is 3. The largest absolute Gasteiger partial charge is 0.378 e. The van der Waals surface area contributed by atoms with Gasteiger partial charge in [-0.25, -0.2) is 4.98 Å². The summed E-state index contributed by atoms with van der Waals surface area (Å²) >= 11 is 0. The van der Waals surface area contributed by atoms with Gasteiger partial charge in [0.2, 0.25) is 11.9 Å². The molecule has 0 radical (unpaired) electrons. The normalized spacial score (nSPS) is 11.8. The number of carbonyl (C=O) groups is 2. The lowest BCUT2D eigenvalue weighted by Gasteiger charge is -2.15. The molecule has 3 aromatic rings. The van der Waals surface area contributed by atoms with Crippen LogP contribution in [0.25, 0.3) is 11.0 Å². The van der Waals surface area contributed by atoms with Gasteiger partial charge in [0.05, 0.1) is 11.0 Å². The molecule has 0 spiro atoms. The molecule has 0 bridgehead atoms. The van der Waals surface area contributed by atoms with Gasteiger partial charge in [-0.3, -0.25) is 14.9 Å². The second-order valence-corrected chi connectivity index (χ2v) is 6.23. The van der Waals surface area contributed by atoms with Crippen LogP contribution in [-0.2, 0) is 4.79 Å². The number of aromatic amines is 1. The topological polar surface area (TPSA) is 90.1 Å². The van der Waals surface area contributed by atoms with E-state index in [1.54, 1.807) is 19.1 Å². The minimum Gasteiger partial charge on any atom is -0.378 e. The number of nitrogens with zero attached hydrogens (tertiary/aromatic N) is 2. The van der Waals surface area contributed by atoms with Gasteiger partial charge >= 0.3 is 0 Å². The average Bonchev–Trinajstić information content (AvgIpc) is 3.03. The third-order valence-corrected chi connectivity index (χ3v) is 4.00. The Labute approximate surface area is 151 Å². The average molecular weight is 351 g/mol. The van der Waals surface area contributed by atoms with Crippen LogP contribution in [0.1, 0.15) is 17.3 Å². The Morgan fingerprint density at radius 2 is 1.88 bits per heavy atom. The maximum absolute atomic E-state index is 12.4. The van der Waals surface area contributed by atoms with Gasteiger partial charge in [-0.15, -0.1) is 0 Å². The molecule has 3 rings (SSSR count). The van der Waals surface area contributed by atoms with E-state index in [2.05, 4.69) is 20.6 Å². The molecule has 7 nitrogen and oxygen atoms in total. The van der Waals surface area contributed by atoms with Crippen molar-refractivity contribution in [3.8, 4) is 0 Å². The molecule has 0 fully saturated rings. The van der Waals surface area contributed by atoms with E-state index in [1.165, 1.54) is 0 Å². The number of amides is 2. The molecule has 0 unspecified atom stereocenters. The molecule has 1 atom stereocenters. The highest BCUT2D eigenvalue weighted by molar-refractivity contribution is 6.01. The lowest BCUT2D eigenvalue weighted by atomic mass is 10.1. The van der Waals surface area contributed by atoms with Crippen molar-refractivity contribution in [1.82, 2.24) is 15.3 Å². The molecule has 0 saturated heterocycles. The number of para-hydroxylation sites is 2. The highest BCUT2D eigenvalue weighted by Crippen LogP contribution is 2.14. The number of fused-ring (bicyclic) bond motifs is 1. The fourth-order valence-electron chi connectivity index (χ4n) is 2.51. The standard InChI is InChI=1S/C19H21N5O2/c1-12(20-18(26)13-7-6-8-14(11-13)24(2)3)17(25)23-19-21-15-9-4-5-10-16(15)22-19/h4-12H,1-3H3,(H,20,26)(H2,21,22,23,25)/t12-/m1/s1. The van der Waals surface area contributed by atoms with E-state index in [0.29, 0.717) is 11.5 Å². The van der Waals surface area contributed by atoms with Crippen molar-refractivity contribution in [3.63, 3.8) is 0 Å². The summed E-state index contributed by atoms with van der Waals surface area (Å²) in [6, 6.07) is 14.0. The monoisotopic (exact) mass is 351 g/mol. The zero-order valence-corrected chi connectivity index (χ0v) is 14.9. The van der Waals surface area contributed by atoms with Crippen LogP contribution in [0.5, 0.6) is 0 Å². The van der Waals surface area contributed by atoms with Gasteiger partial charge in [0.15, 0.2) is 0 Å². The van der Waals surface area contributed by atoms with Crippen molar-refractivity contribution >= 4 is 34.5 Å². The van der Waals surface area contributed by atoms with Crippen LogP contribution >= 0.6 is 0 Å². The van der Waals surface area contributed by atoms with Crippen molar-refractivity contribution in [2.24, 2.45) is 0 Å². The number of H-pyrrole nitrogens is 1. The predicted octanol–water partition coefficient (Wildman–Crippen LogP) is 2.39. The van der Waals surface area contributed by atoms with Gasteiger partial charge in [-0.1, -0.05) is 18.2 Å². The number of anilines is 2. The van der Waals surface area contributed by atoms with E-state index < -0.39 is 6.04 Å². The van der Waals surface area contributed by atoms with Crippen LogP contribution in [0.15, 0.2) is 48.5 Å². The second-order valence-electron chi connectivity index (χ2n) is 6.23. The summed E-state index contributed by atoms with van der Waals surface area (Å²) < 4.78 is 0. The van der Waals surface area contributed by atoms with Gasteiger partial charge in [0.25, 0.3) is 5.91 Å². The number of hydrogen-bond donors (Lipinski definition) is 3. The highest BCUT2D eigenvalue weighted by atomic mass is 16.2. The van der Waals surface area contributed by atoms with Gasteiger partial charge < -0.3 is 15.2 Å². The van der Waals surface area contributed by atoms with Gasteiger partial charge in [0.1, 0.15) is 6.04 Å². The van der Waals surface area contributed by atoms with Crippen LogP contribution in [0.3, 0.4) is 0 Å². The van der Waals surface area contributed by atoms with E-state index in [4.69, 9.17) is 0 Å². The lowest BCUT2D eigenvalue weighted by molar-refractivity contribution is -0.117. The van der Waals surface area contributed by atoms with Crippen molar-refractivity contribution in [1.29, 1.82) is 0 Å². The Kier molecular flexibility index (Phi) is 4.88. The maximum atomic E-state index is 12.4. The van der Waals surface area contributed by atoms with Crippen LogP contribution in [0.2, 0.25) is 0 Å². The molecule has 26 heavy (non-hydrogen) atoms. The first-order chi connectivity index (χ1) is 12.4. The summed E-state index contributed by atoms with van der Waals surface area (Å²) in [5.41, 5.74) is 3.01. The van der Waals surface area contributed by atoms with Crippen LogP contribution in [0, 0.1) is 0 Å². The van der Waals surface area contributed by atoms with Crippen LogP contribution in [0.4, 0.5) is 11.6 Å². The Hall–Kier alpha value is -3.35. The summed E-state index contributed by atoms with van der Waals surface area (Å²) in [4.78, 5) is 34.0. The smallest absolute Gasteiger partial charge is 0.251 e. The fraction of sp³-hybridized carbons (Fsp3) is 0.211. The fourth-order valence-corrected chi connectivity index (χ4v) is 2.51. The first kappa shape index (κ1) is 17.5. The highest BCUT2D eigenvalue weighted by Gasteiger charge is 2.18. The SMILES string of the molecule is C[C@@H](NC(=O)c1cccc(N(C)C)c1)C(=O)Nc1nc2ccccc2[nH]1. The molecular weight excluding hydrogens is 330 g/mol. The Balaban J connectivity index is 1.65. The quantitative estimate of drug-likeness (QED) is 0.658. The number of imidazole rings is 1.